The molecule has 0 radical (unpaired) electrons. The van der Waals surface area contributed by atoms with Crippen LogP contribution in [0.1, 0.15) is 18.4 Å². The van der Waals surface area contributed by atoms with E-state index >= 15 is 0 Å². The lowest BCUT2D eigenvalue weighted by atomic mass is 10.1. The molecule has 2 aromatic rings. The maximum atomic E-state index is 6.13. The molecule has 0 aromatic carbocycles. The third kappa shape index (κ3) is 0.906. The van der Waals surface area contributed by atoms with E-state index in [1.54, 1.807) is 6.20 Å². The second-order valence-electron chi connectivity index (χ2n) is 3.76. The number of hydrogen-bond acceptors (Lipinski definition) is 2. The highest BCUT2D eigenvalue weighted by atomic mass is 14.9. The van der Waals surface area contributed by atoms with Gasteiger partial charge in [0.2, 0.25) is 0 Å². The third-order valence-electron chi connectivity index (χ3n) is 2.78. The summed E-state index contributed by atoms with van der Waals surface area (Å²) in [6.07, 6.45) is 5.97. The predicted molar refractivity (Wildman–Crippen MR) is 51.2 cm³/mol. The SMILES string of the molecule is NC1(c2c[nH]c3ncccc23)CC1. The molecule has 3 N–H and O–H groups in total. The molecule has 3 heteroatoms. The van der Waals surface area contributed by atoms with Gasteiger partial charge in [-0.1, -0.05) is 0 Å². The number of rotatable bonds is 1. The van der Waals surface area contributed by atoms with E-state index < -0.39 is 0 Å². The standard InChI is InChI=1S/C10H11N3/c11-10(3-4-10)8-6-13-9-7(8)2-1-5-12-9/h1-2,5-6H,3-4,11H2,(H,12,13). The summed E-state index contributed by atoms with van der Waals surface area (Å²) in [5.74, 6) is 0. The van der Waals surface area contributed by atoms with Gasteiger partial charge in [0.25, 0.3) is 0 Å². The molecule has 2 heterocycles. The van der Waals surface area contributed by atoms with Gasteiger partial charge in [0.15, 0.2) is 0 Å². The molecule has 1 saturated carbocycles. The van der Waals surface area contributed by atoms with Gasteiger partial charge in [-0.2, -0.15) is 0 Å². The average molecular weight is 173 g/mol. The lowest BCUT2D eigenvalue weighted by Gasteiger charge is -2.05. The number of nitrogens with zero attached hydrogens (tertiary/aromatic N) is 1. The number of pyridine rings is 1. The molecule has 0 bridgehead atoms. The zero-order valence-electron chi connectivity index (χ0n) is 7.25. The van der Waals surface area contributed by atoms with Crippen molar-refractivity contribution in [1.29, 1.82) is 0 Å². The lowest BCUT2D eigenvalue weighted by Crippen LogP contribution is -2.17. The monoisotopic (exact) mass is 173 g/mol. The van der Waals surface area contributed by atoms with Crippen LogP contribution in [0.25, 0.3) is 11.0 Å². The van der Waals surface area contributed by atoms with E-state index in [0.717, 1.165) is 18.5 Å². The van der Waals surface area contributed by atoms with Crippen LogP contribution in [-0.4, -0.2) is 9.97 Å². The summed E-state index contributed by atoms with van der Waals surface area (Å²) < 4.78 is 0. The van der Waals surface area contributed by atoms with Gasteiger partial charge in [0, 0.05) is 23.3 Å². The van der Waals surface area contributed by atoms with Crippen LogP contribution in [0.3, 0.4) is 0 Å². The highest BCUT2D eigenvalue weighted by Crippen LogP contribution is 2.44. The Labute approximate surface area is 76.0 Å². The van der Waals surface area contributed by atoms with Crippen molar-refractivity contribution in [2.45, 2.75) is 18.4 Å². The summed E-state index contributed by atoms with van der Waals surface area (Å²) in [6.45, 7) is 0. The molecule has 0 aliphatic heterocycles. The largest absolute Gasteiger partial charge is 0.346 e. The molecule has 3 nitrogen and oxygen atoms in total. The number of aromatic nitrogens is 2. The lowest BCUT2D eigenvalue weighted by molar-refractivity contribution is 0.747. The summed E-state index contributed by atoms with van der Waals surface area (Å²) >= 11 is 0. The first-order valence-corrected chi connectivity index (χ1v) is 4.51. The third-order valence-corrected chi connectivity index (χ3v) is 2.78. The number of nitrogens with two attached hydrogens (primary N) is 1. The molecule has 3 rings (SSSR count). The molecule has 1 fully saturated rings. The Morgan fingerprint density at radius 1 is 1.46 bits per heavy atom. The molecule has 1 aliphatic carbocycles. The second-order valence-corrected chi connectivity index (χ2v) is 3.76. The Balaban J connectivity index is 2.30. The Morgan fingerprint density at radius 3 is 3.08 bits per heavy atom. The Kier molecular flexibility index (Phi) is 1.15. The fraction of sp³-hybridized carbons (Fsp3) is 0.300. The van der Waals surface area contributed by atoms with Crippen molar-refractivity contribution in [3.05, 3.63) is 30.1 Å². The number of nitrogens with one attached hydrogen (secondary N) is 1. The summed E-state index contributed by atoms with van der Waals surface area (Å²) in [7, 11) is 0. The molecule has 0 unspecified atom stereocenters. The van der Waals surface area contributed by atoms with Crippen molar-refractivity contribution in [2.75, 3.05) is 0 Å². The van der Waals surface area contributed by atoms with E-state index in [2.05, 4.69) is 16.0 Å². The van der Waals surface area contributed by atoms with Crippen LogP contribution in [-0.2, 0) is 5.54 Å². The first-order valence-electron chi connectivity index (χ1n) is 4.51. The first kappa shape index (κ1) is 7.09. The summed E-state index contributed by atoms with van der Waals surface area (Å²) in [6, 6.07) is 4.02. The van der Waals surface area contributed by atoms with E-state index in [4.69, 9.17) is 5.73 Å². The molecular formula is C10H11N3. The van der Waals surface area contributed by atoms with Gasteiger partial charge in [-0.25, -0.2) is 4.98 Å². The molecule has 0 atom stereocenters. The molecular weight excluding hydrogens is 162 g/mol. The summed E-state index contributed by atoms with van der Waals surface area (Å²) in [5.41, 5.74) is 8.22. The Hall–Kier alpha value is -1.35. The quantitative estimate of drug-likeness (QED) is 0.686. The van der Waals surface area contributed by atoms with Gasteiger partial charge in [-0.15, -0.1) is 0 Å². The Morgan fingerprint density at radius 2 is 2.31 bits per heavy atom. The number of H-pyrrole nitrogens is 1. The minimum absolute atomic E-state index is 0.0682. The fourth-order valence-corrected chi connectivity index (χ4v) is 1.77. The molecule has 0 saturated heterocycles. The van der Waals surface area contributed by atoms with Crippen LogP contribution >= 0.6 is 0 Å². The van der Waals surface area contributed by atoms with Gasteiger partial charge >= 0.3 is 0 Å². The van der Waals surface area contributed by atoms with E-state index in [9.17, 15) is 0 Å². The van der Waals surface area contributed by atoms with Crippen LogP contribution in [0.4, 0.5) is 0 Å². The smallest absolute Gasteiger partial charge is 0.137 e. The van der Waals surface area contributed by atoms with Crippen molar-refractivity contribution >= 4 is 11.0 Å². The molecule has 13 heavy (non-hydrogen) atoms. The van der Waals surface area contributed by atoms with Gasteiger partial charge in [0.1, 0.15) is 5.65 Å². The highest BCUT2D eigenvalue weighted by Gasteiger charge is 2.41. The van der Waals surface area contributed by atoms with E-state index in [-0.39, 0.29) is 5.54 Å². The Bertz CT molecular complexity index is 454. The minimum atomic E-state index is -0.0682. The second kappa shape index (κ2) is 2.12. The van der Waals surface area contributed by atoms with Crippen LogP contribution in [0.15, 0.2) is 24.5 Å². The maximum absolute atomic E-state index is 6.13. The maximum Gasteiger partial charge on any atom is 0.137 e. The molecule has 1 aliphatic rings. The van der Waals surface area contributed by atoms with Crippen molar-refractivity contribution < 1.29 is 0 Å². The number of hydrogen-bond donors (Lipinski definition) is 2. The van der Waals surface area contributed by atoms with Crippen molar-refractivity contribution in [1.82, 2.24) is 9.97 Å². The molecule has 0 amide bonds. The van der Waals surface area contributed by atoms with E-state index in [0.29, 0.717) is 0 Å². The van der Waals surface area contributed by atoms with Gasteiger partial charge in [-0.3, -0.25) is 0 Å². The predicted octanol–water partition coefficient (Wildman–Crippen LogP) is 1.51. The van der Waals surface area contributed by atoms with E-state index in [1.165, 1.54) is 10.9 Å². The van der Waals surface area contributed by atoms with E-state index in [1.807, 2.05) is 12.3 Å². The molecule has 2 aromatic heterocycles. The normalized spacial score (nSPS) is 19.2. The fourth-order valence-electron chi connectivity index (χ4n) is 1.77. The van der Waals surface area contributed by atoms with Crippen LogP contribution < -0.4 is 5.73 Å². The van der Waals surface area contributed by atoms with Crippen LogP contribution in [0, 0.1) is 0 Å². The van der Waals surface area contributed by atoms with Crippen LogP contribution in [0.2, 0.25) is 0 Å². The van der Waals surface area contributed by atoms with Gasteiger partial charge < -0.3 is 10.7 Å². The van der Waals surface area contributed by atoms with Crippen molar-refractivity contribution in [3.8, 4) is 0 Å². The first-order chi connectivity index (χ1) is 6.30. The van der Waals surface area contributed by atoms with Gasteiger partial charge in [0.05, 0.1) is 0 Å². The zero-order chi connectivity index (χ0) is 8.89. The topological polar surface area (TPSA) is 54.7 Å². The number of fused-ring (bicyclic) bond motifs is 1. The molecule has 66 valence electrons. The summed E-state index contributed by atoms with van der Waals surface area (Å²) in [5, 5.41) is 1.17. The number of aromatic amines is 1. The average Bonchev–Trinajstić information content (AvgIpc) is 2.76. The summed E-state index contributed by atoms with van der Waals surface area (Å²) in [4.78, 5) is 7.38. The van der Waals surface area contributed by atoms with Crippen molar-refractivity contribution in [3.63, 3.8) is 0 Å². The van der Waals surface area contributed by atoms with Crippen LogP contribution in [0.5, 0.6) is 0 Å². The minimum Gasteiger partial charge on any atom is -0.346 e. The highest BCUT2D eigenvalue weighted by molar-refractivity contribution is 5.81. The van der Waals surface area contributed by atoms with Crippen molar-refractivity contribution in [2.24, 2.45) is 5.73 Å². The molecule has 0 spiro atoms. The van der Waals surface area contributed by atoms with Gasteiger partial charge in [-0.05, 0) is 30.5 Å². The zero-order valence-corrected chi connectivity index (χ0v) is 7.25.